The predicted molar refractivity (Wildman–Crippen MR) is 261 cm³/mol. The van der Waals surface area contributed by atoms with Crippen molar-refractivity contribution in [3.8, 4) is 55.6 Å². The SMILES string of the molecule is c1ccc(-c2ccccc2-c2ccccc2-c2ccccc2N(c2ccc(-c3cc4ccccc4c4ccccc34)cc2)c2cccc(-c3cccc4ccccc34)c2)cc1. The lowest BCUT2D eigenvalue weighted by Crippen LogP contribution is -2.11. The summed E-state index contributed by atoms with van der Waals surface area (Å²) in [5.74, 6) is 0. The molecule has 0 amide bonds. The van der Waals surface area contributed by atoms with Crippen molar-refractivity contribution in [2.24, 2.45) is 0 Å². The minimum absolute atomic E-state index is 1.08. The molecule has 11 aromatic rings. The lowest BCUT2D eigenvalue weighted by molar-refractivity contribution is 1.28. The highest BCUT2D eigenvalue weighted by molar-refractivity contribution is 6.14. The summed E-state index contributed by atoms with van der Waals surface area (Å²) in [6.07, 6.45) is 0. The summed E-state index contributed by atoms with van der Waals surface area (Å²) in [5, 5.41) is 7.52. The predicted octanol–water partition coefficient (Wildman–Crippen LogP) is 17.0. The Morgan fingerprint density at radius 2 is 0.705 bits per heavy atom. The summed E-state index contributed by atoms with van der Waals surface area (Å²) in [6.45, 7) is 0. The van der Waals surface area contributed by atoms with Crippen LogP contribution in [0.3, 0.4) is 0 Å². The topological polar surface area (TPSA) is 3.24 Å². The number of anilines is 3. The molecule has 0 aliphatic rings. The molecule has 0 aliphatic heterocycles. The molecule has 0 fully saturated rings. The average Bonchev–Trinajstić information content (AvgIpc) is 3.34. The van der Waals surface area contributed by atoms with Crippen LogP contribution in [-0.4, -0.2) is 0 Å². The molecule has 11 aromatic carbocycles. The van der Waals surface area contributed by atoms with Gasteiger partial charge in [-0.3, -0.25) is 0 Å². The highest BCUT2D eigenvalue weighted by Crippen LogP contribution is 2.46. The second-order valence-electron chi connectivity index (χ2n) is 15.6. The molecule has 0 saturated carbocycles. The summed E-state index contributed by atoms with van der Waals surface area (Å²) in [6, 6.07) is 90.5. The number of para-hydroxylation sites is 1. The van der Waals surface area contributed by atoms with Gasteiger partial charge in [-0.2, -0.15) is 0 Å². The lowest BCUT2D eigenvalue weighted by atomic mass is 9.88. The van der Waals surface area contributed by atoms with Crippen molar-refractivity contribution < 1.29 is 0 Å². The zero-order chi connectivity index (χ0) is 40.5. The number of benzene rings is 11. The fourth-order valence-electron chi connectivity index (χ4n) is 9.24. The van der Waals surface area contributed by atoms with Crippen molar-refractivity contribution in [1.29, 1.82) is 0 Å². The lowest BCUT2D eigenvalue weighted by Gasteiger charge is -2.29. The fourth-order valence-corrected chi connectivity index (χ4v) is 9.24. The molecule has 286 valence electrons. The molecular formula is C60H41N. The Bertz CT molecular complexity index is 3360. The number of nitrogens with zero attached hydrogens (tertiary/aromatic N) is 1. The van der Waals surface area contributed by atoms with E-state index in [0.717, 1.165) is 22.6 Å². The summed E-state index contributed by atoms with van der Waals surface area (Å²) in [4.78, 5) is 2.44. The van der Waals surface area contributed by atoms with Gasteiger partial charge in [0.05, 0.1) is 5.69 Å². The smallest absolute Gasteiger partial charge is 0.0540 e. The first-order valence-electron chi connectivity index (χ1n) is 21.0. The molecule has 0 heterocycles. The van der Waals surface area contributed by atoms with Crippen molar-refractivity contribution in [2.45, 2.75) is 0 Å². The molecule has 0 radical (unpaired) electrons. The number of hydrogen-bond acceptors (Lipinski definition) is 1. The van der Waals surface area contributed by atoms with Crippen LogP contribution >= 0.6 is 0 Å². The van der Waals surface area contributed by atoms with Crippen molar-refractivity contribution in [2.75, 3.05) is 4.90 Å². The van der Waals surface area contributed by atoms with Crippen LogP contribution in [0.4, 0.5) is 17.1 Å². The Labute approximate surface area is 357 Å². The maximum Gasteiger partial charge on any atom is 0.0540 e. The van der Waals surface area contributed by atoms with Gasteiger partial charge in [-0.25, -0.2) is 0 Å². The van der Waals surface area contributed by atoms with Crippen molar-refractivity contribution in [1.82, 2.24) is 0 Å². The summed E-state index contributed by atoms with van der Waals surface area (Å²) in [7, 11) is 0. The molecule has 1 nitrogen and oxygen atoms in total. The molecule has 11 rings (SSSR count). The standard InChI is InChI=1S/C60H41N/c1-2-18-42(19-3-1)50-26-8-9-28-53(50)55-30-11-12-31-56(55)58-33-14-15-35-60(58)61(48-24-16-23-45(40-48)51-34-17-22-43-20-4-6-25-49(43)51)47-38-36-44(37-39-47)59-41-46-21-5-7-27-52(46)54-29-10-13-32-57(54)59/h1-41H. The summed E-state index contributed by atoms with van der Waals surface area (Å²) in [5.41, 5.74) is 15.2. The molecular weight excluding hydrogens is 735 g/mol. The Hall–Kier alpha value is -8.00. The van der Waals surface area contributed by atoms with Crippen molar-refractivity contribution in [3.05, 3.63) is 249 Å². The molecule has 0 bridgehead atoms. The first kappa shape index (κ1) is 36.1. The van der Waals surface area contributed by atoms with E-state index in [2.05, 4.69) is 254 Å². The number of rotatable bonds is 8. The average molecular weight is 776 g/mol. The molecule has 0 unspecified atom stereocenters. The van der Waals surface area contributed by atoms with Gasteiger partial charge in [0.2, 0.25) is 0 Å². The monoisotopic (exact) mass is 775 g/mol. The van der Waals surface area contributed by atoms with Crippen LogP contribution in [0.2, 0.25) is 0 Å². The van der Waals surface area contributed by atoms with E-state index in [1.165, 1.54) is 82.4 Å². The van der Waals surface area contributed by atoms with Crippen molar-refractivity contribution >= 4 is 49.4 Å². The normalized spacial score (nSPS) is 11.3. The Balaban J connectivity index is 1.10. The van der Waals surface area contributed by atoms with Crippen LogP contribution in [0.25, 0.3) is 88.0 Å². The van der Waals surface area contributed by atoms with Crippen LogP contribution in [0, 0.1) is 0 Å². The highest BCUT2D eigenvalue weighted by Gasteiger charge is 2.21. The van der Waals surface area contributed by atoms with Crippen LogP contribution in [0.5, 0.6) is 0 Å². The van der Waals surface area contributed by atoms with Gasteiger partial charge >= 0.3 is 0 Å². The third kappa shape index (κ3) is 6.63. The number of fused-ring (bicyclic) bond motifs is 4. The molecule has 0 aliphatic carbocycles. The van der Waals surface area contributed by atoms with E-state index in [0.29, 0.717) is 0 Å². The molecule has 0 aromatic heterocycles. The van der Waals surface area contributed by atoms with Crippen LogP contribution in [0.15, 0.2) is 249 Å². The van der Waals surface area contributed by atoms with E-state index in [1.54, 1.807) is 0 Å². The fraction of sp³-hybridized carbons (Fsp3) is 0. The van der Waals surface area contributed by atoms with Gasteiger partial charge < -0.3 is 4.90 Å². The first-order valence-corrected chi connectivity index (χ1v) is 21.0. The first-order chi connectivity index (χ1) is 30.3. The molecule has 61 heavy (non-hydrogen) atoms. The van der Waals surface area contributed by atoms with Gasteiger partial charge in [0.15, 0.2) is 0 Å². The largest absolute Gasteiger partial charge is 0.310 e. The van der Waals surface area contributed by atoms with Gasteiger partial charge in [0, 0.05) is 16.9 Å². The summed E-state index contributed by atoms with van der Waals surface area (Å²) >= 11 is 0. The maximum absolute atomic E-state index is 2.44. The second-order valence-corrected chi connectivity index (χ2v) is 15.6. The maximum atomic E-state index is 2.44. The van der Waals surface area contributed by atoms with Crippen LogP contribution in [-0.2, 0) is 0 Å². The van der Waals surface area contributed by atoms with Crippen molar-refractivity contribution in [3.63, 3.8) is 0 Å². The Kier molecular flexibility index (Phi) is 9.26. The number of hydrogen-bond donors (Lipinski definition) is 0. The Morgan fingerprint density at radius 1 is 0.213 bits per heavy atom. The zero-order valence-corrected chi connectivity index (χ0v) is 33.6. The molecule has 0 spiro atoms. The Morgan fingerprint density at radius 3 is 1.48 bits per heavy atom. The summed E-state index contributed by atoms with van der Waals surface area (Å²) < 4.78 is 0. The van der Waals surface area contributed by atoms with E-state index in [4.69, 9.17) is 0 Å². The third-order valence-electron chi connectivity index (χ3n) is 12.1. The van der Waals surface area contributed by atoms with E-state index in [-0.39, 0.29) is 0 Å². The van der Waals surface area contributed by atoms with Gasteiger partial charge in [-0.15, -0.1) is 0 Å². The van der Waals surface area contributed by atoms with Gasteiger partial charge in [0.1, 0.15) is 0 Å². The molecule has 0 N–H and O–H groups in total. The van der Waals surface area contributed by atoms with Gasteiger partial charge in [-0.1, -0.05) is 212 Å². The van der Waals surface area contributed by atoms with Crippen LogP contribution < -0.4 is 4.90 Å². The minimum Gasteiger partial charge on any atom is -0.310 e. The van der Waals surface area contributed by atoms with Gasteiger partial charge in [0.25, 0.3) is 0 Å². The minimum atomic E-state index is 1.08. The van der Waals surface area contributed by atoms with E-state index in [9.17, 15) is 0 Å². The van der Waals surface area contributed by atoms with E-state index < -0.39 is 0 Å². The van der Waals surface area contributed by atoms with E-state index in [1.807, 2.05) is 0 Å². The highest BCUT2D eigenvalue weighted by atomic mass is 15.1. The van der Waals surface area contributed by atoms with E-state index >= 15 is 0 Å². The molecule has 0 saturated heterocycles. The zero-order valence-electron chi connectivity index (χ0n) is 33.6. The van der Waals surface area contributed by atoms with Gasteiger partial charge in [-0.05, 0) is 119 Å². The van der Waals surface area contributed by atoms with Crippen LogP contribution in [0.1, 0.15) is 0 Å². The molecule has 1 heteroatoms. The quantitative estimate of drug-likeness (QED) is 0.139. The molecule has 0 atom stereocenters. The third-order valence-corrected chi connectivity index (χ3v) is 12.1. The second kappa shape index (κ2) is 15.6.